The van der Waals surface area contributed by atoms with Crippen molar-refractivity contribution >= 4 is 17.6 Å². The molecular formula is C16H22ClNO3. The predicted octanol–water partition coefficient (Wildman–Crippen LogP) is 3.49. The Kier molecular flexibility index (Phi) is 5.45. The molecule has 0 spiro atoms. The highest BCUT2D eigenvalue weighted by Gasteiger charge is 2.28. The summed E-state index contributed by atoms with van der Waals surface area (Å²) < 4.78 is 6.44. The van der Waals surface area contributed by atoms with Crippen molar-refractivity contribution in [3.8, 4) is 0 Å². The SMILES string of the molecule is COC(=O)[C@H](CC1CCCCC1)n1c(C)cc(Cl)cc1=O. The molecule has 1 aromatic rings. The number of carbonyl (C=O) groups is 1. The van der Waals surface area contributed by atoms with Gasteiger partial charge in [-0.1, -0.05) is 43.7 Å². The minimum atomic E-state index is -0.553. The number of methoxy groups -OCH3 is 1. The van der Waals surface area contributed by atoms with Crippen LogP contribution < -0.4 is 5.56 Å². The van der Waals surface area contributed by atoms with E-state index >= 15 is 0 Å². The molecule has 4 nitrogen and oxygen atoms in total. The van der Waals surface area contributed by atoms with Gasteiger partial charge in [0.1, 0.15) is 6.04 Å². The average molecular weight is 312 g/mol. The van der Waals surface area contributed by atoms with Crippen molar-refractivity contribution in [3.05, 3.63) is 33.2 Å². The van der Waals surface area contributed by atoms with Gasteiger partial charge < -0.3 is 4.74 Å². The summed E-state index contributed by atoms with van der Waals surface area (Å²) in [7, 11) is 1.37. The topological polar surface area (TPSA) is 48.3 Å². The zero-order valence-electron chi connectivity index (χ0n) is 12.6. The quantitative estimate of drug-likeness (QED) is 0.800. The van der Waals surface area contributed by atoms with Gasteiger partial charge in [0.2, 0.25) is 0 Å². The van der Waals surface area contributed by atoms with Crippen LogP contribution in [0.5, 0.6) is 0 Å². The first-order chi connectivity index (χ1) is 10.0. The zero-order chi connectivity index (χ0) is 15.4. The summed E-state index contributed by atoms with van der Waals surface area (Å²) in [5, 5.41) is 0.398. The van der Waals surface area contributed by atoms with E-state index < -0.39 is 6.04 Å². The first-order valence-electron chi connectivity index (χ1n) is 7.49. The molecule has 1 aliphatic carbocycles. The van der Waals surface area contributed by atoms with E-state index in [1.807, 2.05) is 0 Å². The third-order valence-corrected chi connectivity index (χ3v) is 4.51. The number of rotatable bonds is 4. The largest absolute Gasteiger partial charge is 0.467 e. The molecule has 5 heteroatoms. The Hall–Kier alpha value is -1.29. The Bertz CT molecular complexity index is 561. The van der Waals surface area contributed by atoms with E-state index in [0.29, 0.717) is 23.1 Å². The van der Waals surface area contributed by atoms with E-state index in [2.05, 4.69) is 0 Å². The standard InChI is InChI=1S/C16H22ClNO3/c1-11-8-13(17)10-15(19)18(11)14(16(20)21-2)9-12-6-4-3-5-7-12/h8,10,12,14H,3-7,9H2,1-2H3/t14-/m0/s1. The highest BCUT2D eigenvalue weighted by Crippen LogP contribution is 2.31. The van der Waals surface area contributed by atoms with E-state index in [-0.39, 0.29) is 11.5 Å². The number of halogens is 1. The van der Waals surface area contributed by atoms with Gasteiger partial charge in [-0.25, -0.2) is 4.79 Å². The molecule has 0 saturated heterocycles. The number of aryl methyl sites for hydroxylation is 1. The maximum absolute atomic E-state index is 12.2. The van der Waals surface area contributed by atoms with Crippen molar-refractivity contribution in [2.24, 2.45) is 5.92 Å². The zero-order valence-corrected chi connectivity index (χ0v) is 13.4. The smallest absolute Gasteiger partial charge is 0.328 e. The second kappa shape index (κ2) is 7.12. The summed E-state index contributed by atoms with van der Waals surface area (Å²) in [6.45, 7) is 1.80. The van der Waals surface area contributed by atoms with Crippen LogP contribution in [-0.4, -0.2) is 17.6 Å². The number of esters is 1. The van der Waals surface area contributed by atoms with Crippen LogP contribution in [0, 0.1) is 12.8 Å². The Labute approximate surface area is 130 Å². The lowest BCUT2D eigenvalue weighted by molar-refractivity contribution is -0.145. The van der Waals surface area contributed by atoms with Crippen LogP contribution in [0.25, 0.3) is 0 Å². The number of ether oxygens (including phenoxy) is 1. The third kappa shape index (κ3) is 3.88. The van der Waals surface area contributed by atoms with Crippen molar-refractivity contribution in [1.29, 1.82) is 0 Å². The minimum Gasteiger partial charge on any atom is -0.467 e. The van der Waals surface area contributed by atoms with Gasteiger partial charge in [0.25, 0.3) is 5.56 Å². The van der Waals surface area contributed by atoms with E-state index in [4.69, 9.17) is 16.3 Å². The number of hydrogen-bond acceptors (Lipinski definition) is 3. The molecular weight excluding hydrogens is 290 g/mol. The van der Waals surface area contributed by atoms with E-state index in [0.717, 1.165) is 12.8 Å². The van der Waals surface area contributed by atoms with Crippen LogP contribution in [0.1, 0.15) is 50.3 Å². The first-order valence-corrected chi connectivity index (χ1v) is 7.87. The van der Waals surface area contributed by atoms with Crippen molar-refractivity contribution in [1.82, 2.24) is 4.57 Å². The van der Waals surface area contributed by atoms with Crippen molar-refractivity contribution in [2.45, 2.75) is 51.5 Å². The van der Waals surface area contributed by atoms with Gasteiger partial charge >= 0.3 is 5.97 Å². The average Bonchev–Trinajstić information content (AvgIpc) is 2.45. The third-order valence-electron chi connectivity index (χ3n) is 4.29. The lowest BCUT2D eigenvalue weighted by Gasteiger charge is -2.27. The molecule has 2 rings (SSSR count). The second-order valence-electron chi connectivity index (χ2n) is 5.80. The highest BCUT2D eigenvalue weighted by atomic mass is 35.5. The van der Waals surface area contributed by atoms with Crippen molar-refractivity contribution < 1.29 is 9.53 Å². The lowest BCUT2D eigenvalue weighted by Crippen LogP contribution is -2.33. The molecule has 0 amide bonds. The van der Waals surface area contributed by atoms with Crippen LogP contribution in [0.2, 0.25) is 5.02 Å². The molecule has 0 N–H and O–H groups in total. The molecule has 1 saturated carbocycles. The number of aromatic nitrogens is 1. The predicted molar refractivity (Wildman–Crippen MR) is 82.7 cm³/mol. The van der Waals surface area contributed by atoms with Gasteiger partial charge in [0.05, 0.1) is 7.11 Å². The fourth-order valence-electron chi connectivity index (χ4n) is 3.25. The molecule has 0 aliphatic heterocycles. The van der Waals surface area contributed by atoms with Crippen LogP contribution >= 0.6 is 11.6 Å². The Morgan fingerprint density at radius 1 is 1.38 bits per heavy atom. The Morgan fingerprint density at radius 2 is 2.05 bits per heavy atom. The molecule has 0 unspecified atom stereocenters. The summed E-state index contributed by atoms with van der Waals surface area (Å²) >= 11 is 5.90. The summed E-state index contributed by atoms with van der Waals surface area (Å²) in [5.74, 6) is 0.123. The van der Waals surface area contributed by atoms with Crippen molar-refractivity contribution in [3.63, 3.8) is 0 Å². The Balaban J connectivity index is 2.32. The number of carbonyl (C=O) groups excluding carboxylic acids is 1. The monoisotopic (exact) mass is 311 g/mol. The fraction of sp³-hybridized carbons (Fsp3) is 0.625. The summed E-state index contributed by atoms with van der Waals surface area (Å²) in [4.78, 5) is 24.4. The lowest BCUT2D eigenvalue weighted by atomic mass is 9.84. The van der Waals surface area contributed by atoms with Gasteiger partial charge in [-0.15, -0.1) is 0 Å². The van der Waals surface area contributed by atoms with E-state index in [9.17, 15) is 9.59 Å². The van der Waals surface area contributed by atoms with Gasteiger partial charge in [-0.2, -0.15) is 0 Å². The second-order valence-corrected chi connectivity index (χ2v) is 6.24. The van der Waals surface area contributed by atoms with Crippen molar-refractivity contribution in [2.75, 3.05) is 7.11 Å². The summed E-state index contributed by atoms with van der Waals surface area (Å²) in [5.41, 5.74) is 0.449. The summed E-state index contributed by atoms with van der Waals surface area (Å²) in [6.07, 6.45) is 6.57. The van der Waals surface area contributed by atoms with E-state index in [1.54, 1.807) is 13.0 Å². The molecule has 21 heavy (non-hydrogen) atoms. The maximum atomic E-state index is 12.2. The molecule has 0 aromatic carbocycles. The first kappa shape index (κ1) is 16.1. The fourth-order valence-corrected chi connectivity index (χ4v) is 3.50. The normalized spacial score (nSPS) is 17.5. The Morgan fingerprint density at radius 3 is 2.62 bits per heavy atom. The molecule has 1 aliphatic rings. The van der Waals surface area contributed by atoms with Crippen LogP contribution in [0.4, 0.5) is 0 Å². The van der Waals surface area contributed by atoms with Gasteiger partial charge in [-0.05, 0) is 25.3 Å². The van der Waals surface area contributed by atoms with Gasteiger partial charge in [0, 0.05) is 16.8 Å². The minimum absolute atomic E-state index is 0.244. The molecule has 1 aromatic heterocycles. The van der Waals surface area contributed by atoms with Crippen LogP contribution in [-0.2, 0) is 9.53 Å². The number of pyridine rings is 1. The number of hydrogen-bond donors (Lipinski definition) is 0. The van der Waals surface area contributed by atoms with Gasteiger partial charge in [-0.3, -0.25) is 9.36 Å². The molecule has 116 valence electrons. The van der Waals surface area contributed by atoms with Gasteiger partial charge in [0.15, 0.2) is 0 Å². The number of nitrogens with zero attached hydrogens (tertiary/aromatic N) is 1. The summed E-state index contributed by atoms with van der Waals surface area (Å²) in [6, 6.07) is 2.51. The highest BCUT2D eigenvalue weighted by molar-refractivity contribution is 6.30. The maximum Gasteiger partial charge on any atom is 0.328 e. The molecule has 1 fully saturated rings. The van der Waals surface area contributed by atoms with Crippen LogP contribution in [0.3, 0.4) is 0 Å². The molecule has 0 bridgehead atoms. The molecule has 1 heterocycles. The van der Waals surface area contributed by atoms with Crippen LogP contribution in [0.15, 0.2) is 16.9 Å². The van der Waals surface area contributed by atoms with E-state index in [1.165, 1.54) is 37.0 Å². The molecule has 0 radical (unpaired) electrons. The molecule has 1 atom stereocenters.